The molecule has 1 spiro atoms. The van der Waals surface area contributed by atoms with Gasteiger partial charge in [0.2, 0.25) is 0 Å². The molecule has 3 fully saturated rings. The third kappa shape index (κ3) is 2.05. The van der Waals surface area contributed by atoms with Gasteiger partial charge < -0.3 is 24.1 Å². The molecule has 7 heteroatoms. The molecule has 0 unspecified atom stereocenters. The highest BCUT2D eigenvalue weighted by Gasteiger charge is 2.85. The molecule has 1 N–H and O–H groups in total. The molecule has 1 saturated carbocycles. The number of rotatable bonds is 3. The Morgan fingerprint density at radius 2 is 2.04 bits per heavy atom. The summed E-state index contributed by atoms with van der Waals surface area (Å²) in [6.45, 7) is 7.31. The molecule has 7 nitrogen and oxygen atoms in total. The number of carbonyl (C=O) groups is 2. The Morgan fingerprint density at radius 3 is 2.62 bits per heavy atom. The number of carbonyl (C=O) groups excluding carboxylic acids is 2. The van der Waals surface area contributed by atoms with Gasteiger partial charge in [0.1, 0.15) is 30.5 Å². The first-order chi connectivity index (χ1) is 12.2. The van der Waals surface area contributed by atoms with Crippen molar-refractivity contribution in [1.82, 2.24) is 0 Å². The van der Waals surface area contributed by atoms with Gasteiger partial charge in [-0.15, -0.1) is 0 Å². The van der Waals surface area contributed by atoms with Gasteiger partial charge in [-0.2, -0.15) is 0 Å². The van der Waals surface area contributed by atoms with E-state index in [2.05, 4.69) is 6.08 Å². The number of allylic oxidation sites excluding steroid dienone is 1. The van der Waals surface area contributed by atoms with Gasteiger partial charge in [0, 0.05) is 19.3 Å². The molecular weight excluding hydrogens is 340 g/mol. The minimum atomic E-state index is -0.986. The number of epoxide rings is 1. The van der Waals surface area contributed by atoms with E-state index >= 15 is 0 Å². The molecule has 144 valence electrons. The fourth-order valence-electron chi connectivity index (χ4n) is 5.60. The summed E-state index contributed by atoms with van der Waals surface area (Å²) < 4.78 is 23.3. The highest BCUT2D eigenvalue weighted by molar-refractivity contribution is 5.67. The van der Waals surface area contributed by atoms with Crippen LogP contribution in [-0.4, -0.2) is 60.3 Å². The van der Waals surface area contributed by atoms with Crippen LogP contribution >= 0.6 is 0 Å². The maximum absolute atomic E-state index is 11.8. The van der Waals surface area contributed by atoms with Crippen LogP contribution in [0.4, 0.5) is 0 Å². The Hall–Kier alpha value is -1.44. The van der Waals surface area contributed by atoms with Gasteiger partial charge in [0.15, 0.2) is 0 Å². The van der Waals surface area contributed by atoms with Crippen molar-refractivity contribution in [1.29, 1.82) is 0 Å². The lowest BCUT2D eigenvalue weighted by Crippen LogP contribution is -2.66. The van der Waals surface area contributed by atoms with E-state index in [1.165, 1.54) is 19.4 Å². The van der Waals surface area contributed by atoms with E-state index in [9.17, 15) is 14.7 Å². The first-order valence-electron chi connectivity index (χ1n) is 9.13. The van der Waals surface area contributed by atoms with E-state index in [1.807, 2.05) is 13.8 Å². The summed E-state index contributed by atoms with van der Waals surface area (Å²) in [6, 6.07) is 0. The fourth-order valence-corrected chi connectivity index (χ4v) is 5.60. The SMILES string of the molecule is CC(=O)OC[C@@]12CCC(C)=C[C@H]1O[C@H]1[C@H](O)[C@@H](OC(C)=O)[C@@]2(C)[C@]12CO2. The van der Waals surface area contributed by atoms with E-state index in [0.29, 0.717) is 13.0 Å². The van der Waals surface area contributed by atoms with Crippen LogP contribution in [0.1, 0.15) is 40.5 Å². The fraction of sp³-hybridized carbons (Fsp3) is 0.789. The second-order valence-electron chi connectivity index (χ2n) is 8.33. The Kier molecular flexibility index (Phi) is 3.82. The standard InChI is InChI=1S/C19H26O7/c1-10-5-6-18(8-23-11(2)20)13(7-10)26-16-14(22)15(25-12(3)21)17(18,4)19(16)9-24-19/h7,13-16,22H,5-6,8-9H2,1-4H3/t13-,14-,15-,16+,17-,18+,19+/m1/s1. The van der Waals surface area contributed by atoms with E-state index in [0.717, 1.165) is 6.42 Å². The molecule has 2 bridgehead atoms. The summed E-state index contributed by atoms with van der Waals surface area (Å²) in [6.07, 6.45) is 0.896. The molecule has 0 aromatic carbocycles. The number of fused-ring (bicyclic) bond motifs is 2. The summed E-state index contributed by atoms with van der Waals surface area (Å²) in [5, 5.41) is 10.9. The molecule has 2 aliphatic heterocycles. The second-order valence-corrected chi connectivity index (χ2v) is 8.33. The monoisotopic (exact) mass is 366 g/mol. The third-order valence-corrected chi connectivity index (χ3v) is 7.08. The number of esters is 2. The summed E-state index contributed by atoms with van der Waals surface area (Å²) in [7, 11) is 0. The summed E-state index contributed by atoms with van der Waals surface area (Å²) in [4.78, 5) is 23.4. The van der Waals surface area contributed by atoms with Crippen LogP contribution in [0, 0.1) is 10.8 Å². The highest BCUT2D eigenvalue weighted by Crippen LogP contribution is 2.72. The van der Waals surface area contributed by atoms with Crippen LogP contribution in [0.3, 0.4) is 0 Å². The summed E-state index contributed by atoms with van der Waals surface area (Å²) in [5.74, 6) is -0.830. The predicted octanol–water partition coefficient (Wildman–Crippen LogP) is 1.12. The molecule has 0 aromatic heterocycles. The third-order valence-electron chi connectivity index (χ3n) is 7.08. The number of aliphatic hydroxyl groups is 1. The zero-order valence-corrected chi connectivity index (χ0v) is 15.6. The minimum absolute atomic E-state index is 0.135. The van der Waals surface area contributed by atoms with Crippen molar-refractivity contribution in [2.45, 2.75) is 70.6 Å². The van der Waals surface area contributed by atoms with E-state index in [1.54, 1.807) is 0 Å². The zero-order valence-electron chi connectivity index (χ0n) is 15.6. The average Bonchev–Trinajstić information content (AvgIpc) is 3.34. The van der Waals surface area contributed by atoms with Gasteiger partial charge in [0.05, 0.1) is 18.1 Å². The number of hydrogen-bond donors (Lipinski definition) is 1. The molecule has 0 amide bonds. The first-order valence-corrected chi connectivity index (χ1v) is 9.13. The highest BCUT2D eigenvalue weighted by atomic mass is 16.7. The molecule has 26 heavy (non-hydrogen) atoms. The lowest BCUT2D eigenvalue weighted by atomic mass is 9.51. The second kappa shape index (κ2) is 5.53. The van der Waals surface area contributed by atoms with Gasteiger partial charge in [-0.05, 0) is 19.8 Å². The summed E-state index contributed by atoms with van der Waals surface area (Å²) >= 11 is 0. The lowest BCUT2D eigenvalue weighted by Gasteiger charge is -2.58. The predicted molar refractivity (Wildman–Crippen MR) is 89.1 cm³/mol. The van der Waals surface area contributed by atoms with Crippen LogP contribution in [0.25, 0.3) is 0 Å². The van der Waals surface area contributed by atoms with E-state index < -0.39 is 40.7 Å². The first kappa shape index (κ1) is 17.9. The smallest absolute Gasteiger partial charge is 0.303 e. The maximum Gasteiger partial charge on any atom is 0.303 e. The minimum Gasteiger partial charge on any atom is -0.465 e. The van der Waals surface area contributed by atoms with Gasteiger partial charge in [0.25, 0.3) is 0 Å². The molecule has 2 heterocycles. The average molecular weight is 366 g/mol. The van der Waals surface area contributed by atoms with Crippen molar-refractivity contribution >= 4 is 11.9 Å². The van der Waals surface area contributed by atoms with E-state index in [-0.39, 0.29) is 18.7 Å². The van der Waals surface area contributed by atoms with Crippen LogP contribution in [0.5, 0.6) is 0 Å². The van der Waals surface area contributed by atoms with Gasteiger partial charge in [-0.25, -0.2) is 0 Å². The van der Waals surface area contributed by atoms with Crippen molar-refractivity contribution < 1.29 is 33.6 Å². The van der Waals surface area contributed by atoms with Gasteiger partial charge in [-0.1, -0.05) is 18.6 Å². The Balaban J connectivity index is 1.86. The van der Waals surface area contributed by atoms with Crippen LogP contribution in [0.2, 0.25) is 0 Å². The number of aliphatic hydroxyl groups excluding tert-OH is 1. The van der Waals surface area contributed by atoms with Crippen LogP contribution in [0.15, 0.2) is 11.6 Å². The topological polar surface area (TPSA) is 94.6 Å². The molecule has 2 saturated heterocycles. The normalized spacial score (nSPS) is 48.6. The van der Waals surface area contributed by atoms with E-state index in [4.69, 9.17) is 18.9 Å². The van der Waals surface area contributed by atoms with Gasteiger partial charge >= 0.3 is 11.9 Å². The van der Waals surface area contributed by atoms with Crippen molar-refractivity contribution in [3.05, 3.63) is 11.6 Å². The molecule has 2 aliphatic carbocycles. The van der Waals surface area contributed by atoms with Crippen LogP contribution < -0.4 is 0 Å². The molecule has 0 radical (unpaired) electrons. The lowest BCUT2D eigenvalue weighted by molar-refractivity contribution is -0.233. The van der Waals surface area contributed by atoms with Crippen LogP contribution in [-0.2, 0) is 28.5 Å². The Morgan fingerprint density at radius 1 is 1.35 bits per heavy atom. The molecule has 4 rings (SSSR count). The number of hydrogen-bond acceptors (Lipinski definition) is 7. The largest absolute Gasteiger partial charge is 0.465 e. The molecule has 4 aliphatic rings. The number of ether oxygens (including phenoxy) is 4. The van der Waals surface area contributed by atoms with Gasteiger partial charge in [-0.3, -0.25) is 9.59 Å². The molecule has 7 atom stereocenters. The van der Waals surface area contributed by atoms with Crippen molar-refractivity contribution in [3.8, 4) is 0 Å². The molecular formula is C19H26O7. The maximum atomic E-state index is 11.8. The Labute approximate surface area is 152 Å². The zero-order chi connectivity index (χ0) is 18.9. The summed E-state index contributed by atoms with van der Waals surface area (Å²) in [5.41, 5.74) is -0.890. The van der Waals surface area contributed by atoms with Crippen molar-refractivity contribution in [3.63, 3.8) is 0 Å². The molecule has 0 aromatic rings. The van der Waals surface area contributed by atoms with Crippen molar-refractivity contribution in [2.24, 2.45) is 10.8 Å². The quantitative estimate of drug-likeness (QED) is 0.454. The Bertz CT molecular complexity index is 681. The van der Waals surface area contributed by atoms with Crippen molar-refractivity contribution in [2.75, 3.05) is 13.2 Å².